The average molecular weight is 226 g/mol. The molecule has 13 heavy (non-hydrogen) atoms. The Kier molecular flexibility index (Phi) is 6.80. The minimum Gasteiger partial charge on any atom is -0.480 e. The third-order valence-electron chi connectivity index (χ3n) is 1.18. The van der Waals surface area contributed by atoms with Gasteiger partial charge in [0.05, 0.1) is 0 Å². The molecule has 2 N–H and O–H groups in total. The van der Waals surface area contributed by atoms with Crippen molar-refractivity contribution in [2.75, 3.05) is 17.4 Å². The fourth-order valence-electron chi connectivity index (χ4n) is 0.676. The molecule has 0 aliphatic carbocycles. The van der Waals surface area contributed by atoms with Gasteiger partial charge in [0.15, 0.2) is 0 Å². The first-order valence-electron chi connectivity index (χ1n) is 3.71. The summed E-state index contributed by atoms with van der Waals surface area (Å²) in [4.78, 5) is 21.1. The van der Waals surface area contributed by atoms with E-state index in [1.54, 1.807) is 0 Å². The van der Waals surface area contributed by atoms with Gasteiger partial charge < -0.3 is 10.4 Å². The fraction of sp³-hybridized carbons (Fsp3) is 0.714. The Bertz CT molecular complexity index is 189. The number of amides is 1. The lowest BCUT2D eigenvalue weighted by atomic mass is 10.3. The van der Waals surface area contributed by atoms with Crippen LogP contribution in [0, 0.1) is 0 Å². The lowest BCUT2D eigenvalue weighted by Crippen LogP contribution is -2.41. The molecule has 0 saturated heterocycles. The highest BCUT2D eigenvalue weighted by Crippen LogP contribution is 2.03. The van der Waals surface area contributed by atoms with Crippen LogP contribution in [0.15, 0.2) is 0 Å². The average Bonchev–Trinajstić information content (AvgIpc) is 2.02. The number of thioether (sulfide) groups is 1. The van der Waals surface area contributed by atoms with Crippen molar-refractivity contribution >= 4 is 35.2 Å². The van der Waals surface area contributed by atoms with Crippen molar-refractivity contribution < 1.29 is 14.7 Å². The largest absolute Gasteiger partial charge is 0.480 e. The third-order valence-corrected chi connectivity index (χ3v) is 2.66. The summed E-state index contributed by atoms with van der Waals surface area (Å²) in [6.45, 7) is 1.29. The maximum Gasteiger partial charge on any atom is 0.327 e. The second kappa shape index (κ2) is 7.03. The van der Waals surface area contributed by atoms with Gasteiger partial charge in [-0.25, -0.2) is 4.79 Å². The van der Waals surface area contributed by atoms with Crippen LogP contribution in [0.1, 0.15) is 6.92 Å². The topological polar surface area (TPSA) is 66.4 Å². The first-order chi connectivity index (χ1) is 6.07. The van der Waals surface area contributed by atoms with Crippen LogP contribution in [-0.4, -0.2) is 40.4 Å². The molecule has 76 valence electrons. The van der Waals surface area contributed by atoms with E-state index < -0.39 is 12.0 Å². The van der Waals surface area contributed by atoms with E-state index in [2.05, 4.69) is 5.32 Å². The van der Waals surface area contributed by atoms with Crippen molar-refractivity contribution in [2.45, 2.75) is 13.0 Å². The number of carboxylic acids is 1. The quantitative estimate of drug-likeness (QED) is 0.512. The van der Waals surface area contributed by atoms with Gasteiger partial charge in [0, 0.05) is 24.3 Å². The van der Waals surface area contributed by atoms with Crippen molar-refractivity contribution in [2.24, 2.45) is 0 Å². The van der Waals surface area contributed by atoms with E-state index in [0.29, 0.717) is 17.4 Å². The highest BCUT2D eigenvalue weighted by Gasteiger charge is 2.17. The summed E-state index contributed by atoms with van der Waals surface area (Å²) in [7, 11) is 0. The summed E-state index contributed by atoms with van der Waals surface area (Å²) in [6, 6.07) is -0.814. The van der Waals surface area contributed by atoms with Crippen LogP contribution in [0.5, 0.6) is 0 Å². The van der Waals surface area contributed by atoms with E-state index in [-0.39, 0.29) is 5.91 Å². The van der Waals surface area contributed by atoms with E-state index in [0.717, 1.165) is 0 Å². The highest BCUT2D eigenvalue weighted by molar-refractivity contribution is 7.99. The molecule has 0 aromatic heterocycles. The molecule has 0 aromatic rings. The molecule has 0 aromatic carbocycles. The molecule has 0 spiro atoms. The van der Waals surface area contributed by atoms with E-state index in [1.165, 1.54) is 18.7 Å². The number of hydrogen-bond donors (Lipinski definition) is 2. The van der Waals surface area contributed by atoms with Gasteiger partial charge >= 0.3 is 5.97 Å². The van der Waals surface area contributed by atoms with Crippen LogP contribution in [0.4, 0.5) is 0 Å². The third kappa shape index (κ3) is 6.72. The van der Waals surface area contributed by atoms with Gasteiger partial charge in [-0.2, -0.15) is 11.8 Å². The Hall–Kier alpha value is -0.420. The van der Waals surface area contributed by atoms with Crippen molar-refractivity contribution in [3.05, 3.63) is 0 Å². The minimum absolute atomic E-state index is 0.334. The first kappa shape index (κ1) is 12.6. The van der Waals surface area contributed by atoms with Crippen LogP contribution in [-0.2, 0) is 9.59 Å². The van der Waals surface area contributed by atoms with Crippen molar-refractivity contribution in [1.82, 2.24) is 5.32 Å². The molecule has 0 radical (unpaired) electrons. The van der Waals surface area contributed by atoms with Gasteiger partial charge in [-0.15, -0.1) is 11.6 Å². The summed E-state index contributed by atoms with van der Waals surface area (Å²) in [6.07, 6.45) is 0. The van der Waals surface area contributed by atoms with Gasteiger partial charge in [0.1, 0.15) is 6.04 Å². The Labute approximate surface area is 86.0 Å². The molecule has 0 rings (SSSR count). The number of alkyl halides is 1. The van der Waals surface area contributed by atoms with Crippen molar-refractivity contribution in [1.29, 1.82) is 0 Å². The van der Waals surface area contributed by atoms with Crippen LogP contribution >= 0.6 is 23.4 Å². The second-order valence-corrected chi connectivity index (χ2v) is 3.88. The van der Waals surface area contributed by atoms with E-state index >= 15 is 0 Å². The number of carboxylic acid groups (broad SMARTS) is 1. The van der Waals surface area contributed by atoms with Gasteiger partial charge in [0.2, 0.25) is 5.91 Å². The molecule has 6 heteroatoms. The van der Waals surface area contributed by atoms with Crippen molar-refractivity contribution in [3.8, 4) is 0 Å². The zero-order chi connectivity index (χ0) is 10.3. The monoisotopic (exact) mass is 225 g/mol. The lowest BCUT2D eigenvalue weighted by Gasteiger charge is -2.11. The predicted octanol–water partition coefficient (Wildman–Crippen LogP) is 0.548. The normalized spacial score (nSPS) is 12.2. The summed E-state index contributed by atoms with van der Waals surface area (Å²) in [5, 5.41) is 11.0. The molecule has 1 amide bonds. The second-order valence-electron chi connectivity index (χ2n) is 2.36. The smallest absolute Gasteiger partial charge is 0.327 e. The molecule has 0 aliphatic rings. The van der Waals surface area contributed by atoms with E-state index in [9.17, 15) is 9.59 Å². The SMILES string of the molecule is CC(=O)NC(CSCCCl)C(=O)O. The standard InChI is InChI=1S/C7H12ClNO3S/c1-5(10)9-6(7(11)12)4-13-3-2-8/h6H,2-4H2,1H3,(H,9,10)(H,11,12). The molecular weight excluding hydrogens is 214 g/mol. The van der Waals surface area contributed by atoms with Gasteiger partial charge in [-0.1, -0.05) is 0 Å². The Balaban J connectivity index is 3.81. The minimum atomic E-state index is -1.02. The predicted molar refractivity (Wildman–Crippen MR) is 53.3 cm³/mol. The van der Waals surface area contributed by atoms with Crippen molar-refractivity contribution in [3.63, 3.8) is 0 Å². The number of nitrogens with one attached hydrogen (secondary N) is 1. The van der Waals surface area contributed by atoms with Crippen LogP contribution in [0.3, 0.4) is 0 Å². The molecule has 0 fully saturated rings. The fourth-order valence-corrected chi connectivity index (χ4v) is 1.74. The molecule has 1 unspecified atom stereocenters. The Morgan fingerprint density at radius 1 is 1.62 bits per heavy atom. The number of carbonyl (C=O) groups excluding carboxylic acids is 1. The Morgan fingerprint density at radius 3 is 2.62 bits per heavy atom. The molecular formula is C7H12ClNO3S. The molecule has 0 heterocycles. The zero-order valence-corrected chi connectivity index (χ0v) is 8.82. The van der Waals surface area contributed by atoms with Gasteiger partial charge in [-0.3, -0.25) is 4.79 Å². The summed E-state index contributed by atoms with van der Waals surface area (Å²) < 4.78 is 0. The zero-order valence-electron chi connectivity index (χ0n) is 7.25. The Morgan fingerprint density at radius 2 is 2.23 bits per heavy atom. The number of aliphatic carboxylic acids is 1. The lowest BCUT2D eigenvalue weighted by molar-refractivity contribution is -0.140. The number of carbonyl (C=O) groups is 2. The van der Waals surface area contributed by atoms with Gasteiger partial charge in [0.25, 0.3) is 0 Å². The van der Waals surface area contributed by atoms with Crippen LogP contribution in [0.2, 0.25) is 0 Å². The maximum absolute atomic E-state index is 10.6. The first-order valence-corrected chi connectivity index (χ1v) is 5.40. The molecule has 1 atom stereocenters. The summed E-state index contributed by atoms with van der Waals surface area (Å²) in [5.41, 5.74) is 0. The number of rotatable bonds is 6. The molecule has 0 saturated carbocycles. The highest BCUT2D eigenvalue weighted by atomic mass is 35.5. The molecule has 4 nitrogen and oxygen atoms in total. The number of hydrogen-bond acceptors (Lipinski definition) is 3. The van der Waals surface area contributed by atoms with E-state index in [1.807, 2.05) is 0 Å². The summed E-state index contributed by atoms with van der Waals surface area (Å²) in [5.74, 6) is 0.167. The molecule has 0 aliphatic heterocycles. The van der Waals surface area contributed by atoms with Crippen LogP contribution < -0.4 is 5.32 Å². The maximum atomic E-state index is 10.6. The number of halogens is 1. The van der Waals surface area contributed by atoms with E-state index in [4.69, 9.17) is 16.7 Å². The van der Waals surface area contributed by atoms with Gasteiger partial charge in [-0.05, 0) is 0 Å². The van der Waals surface area contributed by atoms with Crippen LogP contribution in [0.25, 0.3) is 0 Å². The molecule has 0 bridgehead atoms. The summed E-state index contributed by atoms with van der Waals surface area (Å²) >= 11 is 6.82.